The SMILES string of the molecule is CN1CC(c2cc(N3CCc4c(nc(OCC56CCCN5CC(F)C6)nc4N4CCC(O)C(C#N)CC4)C3)c3c(Cl)c(F)ccc3c2)CC1COc1nc2c(c(N3CCCC(O)CC3)n1)CCN(c1cc(O)cc3ccccc13)C2. The van der Waals surface area contributed by atoms with Crippen LogP contribution in [0.1, 0.15) is 91.8 Å². The first-order valence-corrected chi connectivity index (χ1v) is 29.3. The number of hydrogen-bond donors (Lipinski definition) is 3. The summed E-state index contributed by atoms with van der Waals surface area (Å²) >= 11 is 6.97. The Morgan fingerprint density at radius 3 is 2.27 bits per heavy atom. The van der Waals surface area contributed by atoms with Gasteiger partial charge in [0.1, 0.15) is 42.6 Å². The van der Waals surface area contributed by atoms with Gasteiger partial charge in [0.2, 0.25) is 0 Å². The lowest BCUT2D eigenvalue weighted by Crippen LogP contribution is -2.43. The van der Waals surface area contributed by atoms with Gasteiger partial charge in [-0.1, -0.05) is 48.0 Å². The standard InChI is InChI=1S/C61H70ClF2N11O5/c1-70-31-41(25-43(70)35-79-59-66-50-33-73(52-28-45(77)26-37-6-2-3-8-46(37)52)21-13-47(50)57(68-59)71-17-4-7-44(76)12-20-71)40-24-38-9-10-49(64)56(62)55(38)53(27-40)74-22-14-48-51(34-74)67-60(80-36-61-16-5-18-75(61)32-42(63)29-61)69-58(48)72-19-11-39(30-65)54(78)15-23-72/h2-3,6,8-10,24,26-28,39,41-44,54,76-78H,4-5,7,11-23,25,29,31-36H2,1H3. The number of halogens is 3. The van der Waals surface area contributed by atoms with E-state index in [1.54, 1.807) is 6.07 Å². The highest BCUT2D eigenvalue weighted by Gasteiger charge is 2.49. The van der Waals surface area contributed by atoms with Crippen LogP contribution in [0, 0.1) is 23.1 Å². The molecule has 7 aliphatic rings. The van der Waals surface area contributed by atoms with Crippen molar-refractivity contribution in [3.05, 3.63) is 99.6 Å². The maximum absolute atomic E-state index is 15.6. The minimum atomic E-state index is -0.904. The average molecular weight is 1110 g/mol. The number of benzene rings is 4. The molecule has 420 valence electrons. The van der Waals surface area contributed by atoms with E-state index in [1.807, 2.05) is 30.3 Å². The van der Waals surface area contributed by atoms with Gasteiger partial charge < -0.3 is 44.4 Å². The number of anilines is 4. The molecule has 0 aliphatic carbocycles. The van der Waals surface area contributed by atoms with Crippen molar-refractivity contribution in [2.45, 2.75) is 120 Å². The molecule has 13 rings (SSSR count). The monoisotopic (exact) mass is 1110 g/mol. The van der Waals surface area contributed by atoms with Gasteiger partial charge >= 0.3 is 12.0 Å². The fraction of sp³-hybridized carbons (Fsp3) is 0.525. The summed E-state index contributed by atoms with van der Waals surface area (Å²) in [4.78, 5) is 34.0. The fourth-order valence-corrected chi connectivity index (χ4v) is 14.6. The maximum Gasteiger partial charge on any atom is 0.318 e. The third-order valence-corrected chi connectivity index (χ3v) is 19.1. The Labute approximate surface area is 470 Å². The van der Waals surface area contributed by atoms with Crippen LogP contribution >= 0.6 is 11.6 Å². The molecule has 7 aliphatic heterocycles. The van der Waals surface area contributed by atoms with Crippen molar-refractivity contribution < 1.29 is 33.6 Å². The second-order valence-electron chi connectivity index (χ2n) is 23.7. The lowest BCUT2D eigenvalue weighted by Gasteiger charge is -2.35. The van der Waals surface area contributed by atoms with Gasteiger partial charge in [-0.15, -0.1) is 0 Å². The van der Waals surface area contributed by atoms with E-state index in [1.165, 1.54) is 6.07 Å². The van der Waals surface area contributed by atoms with Gasteiger partial charge in [-0.25, -0.2) is 8.78 Å². The molecule has 0 bridgehead atoms. The molecule has 19 heteroatoms. The van der Waals surface area contributed by atoms with Crippen LogP contribution in [0.25, 0.3) is 21.5 Å². The predicted molar refractivity (Wildman–Crippen MR) is 305 cm³/mol. The molecule has 9 heterocycles. The molecule has 7 atom stereocenters. The molecule has 2 aromatic heterocycles. The van der Waals surface area contributed by atoms with Crippen LogP contribution in [-0.4, -0.2) is 154 Å². The number of fused-ring (bicyclic) bond motifs is 5. The largest absolute Gasteiger partial charge is 0.508 e. The van der Waals surface area contributed by atoms with Crippen molar-refractivity contribution in [3.63, 3.8) is 0 Å². The smallest absolute Gasteiger partial charge is 0.318 e. The van der Waals surface area contributed by atoms with Gasteiger partial charge in [0, 0.05) is 104 Å². The number of nitrogens with zero attached hydrogens (tertiary/aromatic N) is 11. The van der Waals surface area contributed by atoms with E-state index >= 15 is 4.39 Å². The predicted octanol–water partition coefficient (Wildman–Crippen LogP) is 8.47. The zero-order valence-corrected chi connectivity index (χ0v) is 46.2. The van der Waals surface area contributed by atoms with Gasteiger partial charge in [0.25, 0.3) is 0 Å². The highest BCUT2D eigenvalue weighted by molar-refractivity contribution is 6.37. The molecule has 0 spiro atoms. The highest BCUT2D eigenvalue weighted by Crippen LogP contribution is 2.45. The molecular weight excluding hydrogens is 1040 g/mol. The van der Waals surface area contributed by atoms with E-state index < -0.39 is 29.5 Å². The number of ether oxygens (including phenoxy) is 2. The summed E-state index contributed by atoms with van der Waals surface area (Å²) in [6.07, 6.45) is 5.55. The van der Waals surface area contributed by atoms with Gasteiger partial charge in [-0.2, -0.15) is 25.2 Å². The number of aliphatic hydroxyl groups excluding tert-OH is 2. The van der Waals surface area contributed by atoms with Crippen LogP contribution in [0.3, 0.4) is 0 Å². The number of aromatic hydroxyl groups is 1. The molecule has 6 aromatic rings. The van der Waals surface area contributed by atoms with E-state index in [0.717, 1.165) is 132 Å². The van der Waals surface area contributed by atoms with Gasteiger partial charge in [-0.05, 0) is 118 Å². The molecule has 3 N–H and O–H groups in total. The second kappa shape index (κ2) is 21.8. The zero-order chi connectivity index (χ0) is 54.8. The van der Waals surface area contributed by atoms with Crippen LogP contribution < -0.4 is 29.1 Å². The Hall–Kier alpha value is -6.36. The van der Waals surface area contributed by atoms with Crippen LogP contribution in [-0.2, 0) is 25.9 Å². The first kappa shape index (κ1) is 53.0. The number of alkyl halides is 1. The summed E-state index contributed by atoms with van der Waals surface area (Å²) < 4.78 is 43.8. The van der Waals surface area contributed by atoms with Gasteiger partial charge in [0.05, 0.1) is 59.2 Å². The fourth-order valence-electron chi connectivity index (χ4n) is 14.3. The first-order chi connectivity index (χ1) is 38.9. The number of likely N-dealkylation sites (N-methyl/N-ethyl adjacent to an activating group) is 1. The minimum absolute atomic E-state index is 0.0253. The summed E-state index contributed by atoms with van der Waals surface area (Å²) in [6, 6.07) is 22.2. The second-order valence-corrected chi connectivity index (χ2v) is 24.1. The summed E-state index contributed by atoms with van der Waals surface area (Å²) in [7, 11) is 2.12. The molecule has 0 saturated carbocycles. The summed E-state index contributed by atoms with van der Waals surface area (Å²) in [5, 5.41) is 45.7. The van der Waals surface area contributed by atoms with Crippen LogP contribution in [0.15, 0.2) is 60.7 Å². The van der Waals surface area contributed by atoms with Crippen molar-refractivity contribution in [2.24, 2.45) is 5.92 Å². The van der Waals surface area contributed by atoms with Crippen molar-refractivity contribution >= 4 is 56.2 Å². The number of likely N-dealkylation sites (tertiary alicyclic amines) is 1. The Balaban J connectivity index is 0.778. The third kappa shape index (κ3) is 10.2. The van der Waals surface area contributed by atoms with Crippen molar-refractivity contribution in [1.29, 1.82) is 5.26 Å². The molecule has 0 radical (unpaired) electrons. The first-order valence-electron chi connectivity index (χ1n) is 28.9. The lowest BCUT2D eigenvalue weighted by molar-refractivity contribution is 0.107. The number of aliphatic hydroxyl groups is 2. The van der Waals surface area contributed by atoms with Crippen molar-refractivity contribution in [1.82, 2.24) is 29.7 Å². The molecule has 16 nitrogen and oxygen atoms in total. The van der Waals surface area contributed by atoms with Crippen molar-refractivity contribution in [2.75, 3.05) is 98.8 Å². The Bertz CT molecular complexity index is 3370. The summed E-state index contributed by atoms with van der Waals surface area (Å²) in [6.45, 7) is 7.37. The molecule has 5 saturated heterocycles. The highest BCUT2D eigenvalue weighted by atomic mass is 35.5. The third-order valence-electron chi connectivity index (χ3n) is 18.7. The van der Waals surface area contributed by atoms with Crippen LogP contribution in [0.2, 0.25) is 5.02 Å². The van der Waals surface area contributed by atoms with E-state index in [4.69, 9.17) is 41.0 Å². The maximum atomic E-state index is 15.6. The van der Waals surface area contributed by atoms with E-state index in [2.05, 4.69) is 60.7 Å². The molecule has 80 heavy (non-hydrogen) atoms. The molecular formula is C61H70ClF2N11O5. The number of phenolic OH excluding ortho intramolecular Hbond substituents is 1. The Kier molecular flexibility index (Phi) is 14.5. The molecule has 4 aromatic carbocycles. The number of hydrogen-bond acceptors (Lipinski definition) is 16. The van der Waals surface area contributed by atoms with Gasteiger partial charge in [-0.3, -0.25) is 9.80 Å². The van der Waals surface area contributed by atoms with Crippen LogP contribution in [0.4, 0.5) is 31.8 Å². The zero-order valence-electron chi connectivity index (χ0n) is 45.4. The Morgan fingerprint density at radius 2 is 1.49 bits per heavy atom. The average Bonchev–Trinajstić information content (AvgIpc) is 4.04. The number of rotatable bonds is 11. The van der Waals surface area contributed by atoms with Gasteiger partial charge in [0.15, 0.2) is 0 Å². The number of nitriles is 1. The summed E-state index contributed by atoms with van der Waals surface area (Å²) in [5.41, 5.74) is 6.23. The topological polar surface area (TPSA) is 174 Å². The molecule has 0 amide bonds. The number of phenols is 1. The van der Waals surface area contributed by atoms with Crippen LogP contribution in [0.5, 0.6) is 17.8 Å². The Morgan fingerprint density at radius 1 is 0.762 bits per heavy atom. The quantitative estimate of drug-likeness (QED) is 0.113. The molecule has 7 unspecified atom stereocenters. The molecule has 5 fully saturated rings. The van der Waals surface area contributed by atoms with Crippen molar-refractivity contribution in [3.8, 4) is 23.8 Å². The van der Waals surface area contributed by atoms with E-state index in [-0.39, 0.29) is 41.5 Å². The number of aromatic nitrogens is 4. The lowest BCUT2D eigenvalue weighted by atomic mass is 9.92. The van der Waals surface area contributed by atoms with E-state index in [9.17, 15) is 25.0 Å². The minimum Gasteiger partial charge on any atom is -0.508 e. The van der Waals surface area contributed by atoms with E-state index in [0.29, 0.717) is 95.9 Å². The summed E-state index contributed by atoms with van der Waals surface area (Å²) in [5.74, 6) is 0.960. The normalized spacial score (nSPS) is 26.5.